The van der Waals surface area contributed by atoms with Crippen LogP contribution in [0.2, 0.25) is 5.02 Å². The Morgan fingerprint density at radius 2 is 1.74 bits per heavy atom. The number of nitrogens with one attached hydrogen (secondary N) is 1. The summed E-state index contributed by atoms with van der Waals surface area (Å²) >= 11 is 5.98. The maximum absolute atomic E-state index is 14.2. The first-order valence-corrected chi connectivity index (χ1v) is 11.1. The number of rotatable bonds is 5. The molecule has 5 aromatic rings. The van der Waals surface area contributed by atoms with Crippen LogP contribution in [-0.2, 0) is 0 Å². The summed E-state index contributed by atoms with van der Waals surface area (Å²) in [6, 6.07) is 17.9. The third-order valence-corrected chi connectivity index (χ3v) is 5.92. The summed E-state index contributed by atoms with van der Waals surface area (Å²) < 4.78 is 25.4. The van der Waals surface area contributed by atoms with Crippen LogP contribution in [0.1, 0.15) is 37.7 Å². The van der Waals surface area contributed by atoms with E-state index in [1.54, 1.807) is 62.4 Å². The Hall–Kier alpha value is -4.23. The highest BCUT2D eigenvalue weighted by atomic mass is 35.5. The van der Waals surface area contributed by atoms with Crippen LogP contribution in [0.15, 0.2) is 75.7 Å². The molecule has 0 saturated heterocycles. The van der Waals surface area contributed by atoms with Gasteiger partial charge in [0.05, 0.1) is 11.4 Å². The summed E-state index contributed by atoms with van der Waals surface area (Å²) in [6.45, 7) is 3.25. The van der Waals surface area contributed by atoms with E-state index in [2.05, 4.69) is 10.5 Å². The Labute approximate surface area is 204 Å². The molecule has 2 aromatic heterocycles. The quantitative estimate of drug-likeness (QED) is 0.270. The predicted molar refractivity (Wildman–Crippen MR) is 130 cm³/mol. The fourth-order valence-electron chi connectivity index (χ4n) is 3.81. The van der Waals surface area contributed by atoms with E-state index in [4.69, 9.17) is 20.5 Å². The van der Waals surface area contributed by atoms with Gasteiger partial charge in [-0.25, -0.2) is 4.39 Å². The molecule has 6 nitrogen and oxygen atoms in total. The van der Waals surface area contributed by atoms with Gasteiger partial charge in [-0.15, -0.1) is 0 Å². The van der Waals surface area contributed by atoms with Gasteiger partial charge in [-0.05, 0) is 61.9 Å². The SMILES string of the molecule is Cc1ccc(C(=O)c2oc3ccccc3c2NC(=O)c2c(C)noc2-c2ccc(Cl)cc2)cc1F. The largest absolute Gasteiger partial charge is 0.450 e. The molecular formula is C27H18ClFN2O4. The summed E-state index contributed by atoms with van der Waals surface area (Å²) in [5.74, 6) is -1.45. The molecule has 0 bridgehead atoms. The molecule has 3 aromatic carbocycles. The Balaban J connectivity index is 1.58. The highest BCUT2D eigenvalue weighted by molar-refractivity contribution is 6.30. The van der Waals surface area contributed by atoms with Gasteiger partial charge in [-0.3, -0.25) is 9.59 Å². The number of ketones is 1. The van der Waals surface area contributed by atoms with E-state index in [0.717, 1.165) is 6.07 Å². The van der Waals surface area contributed by atoms with Gasteiger partial charge in [0.2, 0.25) is 5.78 Å². The van der Waals surface area contributed by atoms with Crippen LogP contribution in [0.5, 0.6) is 0 Å². The van der Waals surface area contributed by atoms with Gasteiger partial charge in [0.15, 0.2) is 11.5 Å². The summed E-state index contributed by atoms with van der Waals surface area (Å²) in [7, 11) is 0. The molecule has 0 aliphatic rings. The van der Waals surface area contributed by atoms with E-state index in [-0.39, 0.29) is 28.3 Å². The van der Waals surface area contributed by atoms with Crippen LogP contribution in [0.3, 0.4) is 0 Å². The summed E-state index contributed by atoms with van der Waals surface area (Å²) in [6.07, 6.45) is 0. The van der Waals surface area contributed by atoms with Crippen molar-refractivity contribution in [3.63, 3.8) is 0 Å². The molecule has 0 spiro atoms. The van der Waals surface area contributed by atoms with E-state index < -0.39 is 17.5 Å². The average Bonchev–Trinajstić information content (AvgIpc) is 3.41. The van der Waals surface area contributed by atoms with E-state index in [1.807, 2.05) is 0 Å². The second kappa shape index (κ2) is 8.85. The lowest BCUT2D eigenvalue weighted by Crippen LogP contribution is -2.15. The van der Waals surface area contributed by atoms with Crippen molar-refractivity contribution in [1.82, 2.24) is 5.16 Å². The van der Waals surface area contributed by atoms with Crippen LogP contribution in [0.25, 0.3) is 22.3 Å². The molecule has 0 aliphatic heterocycles. The molecule has 0 aliphatic carbocycles. The highest BCUT2D eigenvalue weighted by Crippen LogP contribution is 2.34. The van der Waals surface area contributed by atoms with Crippen molar-refractivity contribution in [2.45, 2.75) is 13.8 Å². The first-order valence-electron chi connectivity index (χ1n) is 10.7. The molecule has 35 heavy (non-hydrogen) atoms. The standard InChI is InChI=1S/C27H18ClFN2O4/c1-14-7-8-17(13-20(14)29)24(32)26-23(19-5-3-4-6-21(19)34-26)30-27(33)22-15(2)31-35-25(22)16-9-11-18(28)12-10-16/h3-13H,1-2H3,(H,30,33). The first kappa shape index (κ1) is 22.6. The zero-order chi connectivity index (χ0) is 24.7. The van der Waals surface area contributed by atoms with Gasteiger partial charge in [0, 0.05) is 21.5 Å². The number of benzene rings is 3. The lowest BCUT2D eigenvalue weighted by molar-refractivity contribution is 0.101. The van der Waals surface area contributed by atoms with Crippen molar-refractivity contribution in [1.29, 1.82) is 0 Å². The van der Waals surface area contributed by atoms with Gasteiger partial charge < -0.3 is 14.3 Å². The summed E-state index contributed by atoms with van der Waals surface area (Å²) in [4.78, 5) is 26.8. The van der Waals surface area contributed by atoms with Gasteiger partial charge in [0.1, 0.15) is 17.0 Å². The monoisotopic (exact) mass is 488 g/mol. The lowest BCUT2D eigenvalue weighted by Gasteiger charge is -2.07. The van der Waals surface area contributed by atoms with Crippen molar-refractivity contribution in [3.05, 3.63) is 106 Å². The van der Waals surface area contributed by atoms with Gasteiger partial charge >= 0.3 is 0 Å². The zero-order valence-electron chi connectivity index (χ0n) is 18.7. The number of carbonyl (C=O) groups excluding carboxylic acids is 2. The average molecular weight is 489 g/mol. The molecule has 0 unspecified atom stereocenters. The molecule has 8 heteroatoms. The zero-order valence-corrected chi connectivity index (χ0v) is 19.4. The first-order chi connectivity index (χ1) is 16.8. The number of anilines is 1. The molecule has 5 rings (SSSR count). The number of amides is 1. The third-order valence-electron chi connectivity index (χ3n) is 5.67. The van der Waals surface area contributed by atoms with Crippen LogP contribution < -0.4 is 5.32 Å². The molecule has 174 valence electrons. The van der Waals surface area contributed by atoms with Crippen molar-refractivity contribution in [2.75, 3.05) is 5.32 Å². The van der Waals surface area contributed by atoms with Crippen molar-refractivity contribution >= 4 is 39.9 Å². The molecule has 0 fully saturated rings. The van der Waals surface area contributed by atoms with Crippen LogP contribution >= 0.6 is 11.6 Å². The molecule has 0 atom stereocenters. The van der Waals surface area contributed by atoms with Crippen molar-refractivity contribution in [3.8, 4) is 11.3 Å². The minimum Gasteiger partial charge on any atom is -0.450 e. The molecule has 0 saturated carbocycles. The van der Waals surface area contributed by atoms with E-state index in [0.29, 0.717) is 32.8 Å². The number of aromatic nitrogens is 1. The van der Waals surface area contributed by atoms with E-state index in [9.17, 15) is 14.0 Å². The minimum absolute atomic E-state index is 0.102. The number of hydrogen-bond donors (Lipinski definition) is 1. The van der Waals surface area contributed by atoms with Gasteiger partial charge in [-0.2, -0.15) is 0 Å². The number of hydrogen-bond acceptors (Lipinski definition) is 5. The minimum atomic E-state index is -0.560. The number of para-hydroxylation sites is 1. The molecule has 2 heterocycles. The molecule has 0 radical (unpaired) electrons. The normalized spacial score (nSPS) is 11.1. The smallest absolute Gasteiger partial charge is 0.261 e. The lowest BCUT2D eigenvalue weighted by atomic mass is 10.0. The van der Waals surface area contributed by atoms with Crippen LogP contribution in [0.4, 0.5) is 10.1 Å². The molecule has 1 N–H and O–H groups in total. The Bertz CT molecular complexity index is 1600. The van der Waals surface area contributed by atoms with Crippen molar-refractivity contribution < 1.29 is 22.9 Å². The second-order valence-electron chi connectivity index (χ2n) is 8.03. The maximum Gasteiger partial charge on any atom is 0.261 e. The van der Waals surface area contributed by atoms with Gasteiger partial charge in [-0.1, -0.05) is 41.0 Å². The Morgan fingerprint density at radius 3 is 2.49 bits per heavy atom. The van der Waals surface area contributed by atoms with Gasteiger partial charge in [0.25, 0.3) is 5.91 Å². The maximum atomic E-state index is 14.2. The Kier molecular flexibility index (Phi) is 5.70. The fraction of sp³-hybridized carbons (Fsp3) is 0.0741. The number of furan rings is 1. The summed E-state index contributed by atoms with van der Waals surface area (Å²) in [5, 5.41) is 7.82. The molecular weight excluding hydrogens is 471 g/mol. The van der Waals surface area contributed by atoms with Crippen LogP contribution in [-0.4, -0.2) is 16.8 Å². The Morgan fingerprint density at radius 1 is 1.00 bits per heavy atom. The van der Waals surface area contributed by atoms with E-state index in [1.165, 1.54) is 12.1 Å². The van der Waals surface area contributed by atoms with E-state index >= 15 is 0 Å². The van der Waals surface area contributed by atoms with Crippen molar-refractivity contribution in [2.24, 2.45) is 0 Å². The fourth-order valence-corrected chi connectivity index (χ4v) is 3.93. The third kappa shape index (κ3) is 4.11. The predicted octanol–water partition coefficient (Wildman–Crippen LogP) is 6.98. The number of carbonyl (C=O) groups is 2. The number of aryl methyl sites for hydroxylation is 2. The number of halogens is 2. The topological polar surface area (TPSA) is 85.3 Å². The summed E-state index contributed by atoms with van der Waals surface area (Å²) in [5.41, 5.74) is 2.29. The van der Waals surface area contributed by atoms with Crippen LogP contribution in [0, 0.1) is 19.7 Å². The second-order valence-corrected chi connectivity index (χ2v) is 8.46. The molecule has 1 amide bonds. The highest BCUT2D eigenvalue weighted by Gasteiger charge is 2.27. The number of fused-ring (bicyclic) bond motifs is 1. The number of nitrogens with zero attached hydrogens (tertiary/aromatic N) is 1.